The molecule has 0 aliphatic heterocycles. The summed E-state index contributed by atoms with van der Waals surface area (Å²) < 4.78 is 15.1. The number of nitrogens with one attached hydrogen (secondary N) is 1. The third-order valence-corrected chi connectivity index (χ3v) is 2.74. The summed E-state index contributed by atoms with van der Waals surface area (Å²) in [5, 5.41) is 7.38. The molecule has 0 amide bonds. The average molecular weight is 233 g/mol. The van der Waals surface area contributed by atoms with Crippen LogP contribution in [-0.4, -0.2) is 16.8 Å². The maximum absolute atomic E-state index is 13.4. The number of rotatable bonds is 3. The van der Waals surface area contributed by atoms with E-state index in [0.717, 1.165) is 22.4 Å². The Bertz CT molecular complexity index is 531. The van der Waals surface area contributed by atoms with Crippen LogP contribution in [0.15, 0.2) is 24.4 Å². The lowest BCUT2D eigenvalue weighted by molar-refractivity contribution is 0.627. The van der Waals surface area contributed by atoms with E-state index < -0.39 is 0 Å². The van der Waals surface area contributed by atoms with Gasteiger partial charge in [0.25, 0.3) is 0 Å². The van der Waals surface area contributed by atoms with E-state index in [1.165, 1.54) is 6.07 Å². The average Bonchev–Trinajstić information content (AvgIpc) is 2.61. The van der Waals surface area contributed by atoms with Gasteiger partial charge < -0.3 is 5.32 Å². The quantitative estimate of drug-likeness (QED) is 0.881. The van der Waals surface area contributed by atoms with Gasteiger partial charge >= 0.3 is 0 Å². The first-order chi connectivity index (χ1) is 8.11. The molecule has 0 radical (unpaired) electrons. The van der Waals surface area contributed by atoms with E-state index in [2.05, 4.69) is 10.4 Å². The summed E-state index contributed by atoms with van der Waals surface area (Å²) in [6, 6.07) is 4.87. The van der Waals surface area contributed by atoms with Gasteiger partial charge in [0, 0.05) is 25.4 Å². The minimum Gasteiger partial charge on any atom is -0.316 e. The summed E-state index contributed by atoms with van der Waals surface area (Å²) in [5.41, 5.74) is 3.88. The van der Waals surface area contributed by atoms with E-state index in [0.29, 0.717) is 6.54 Å². The molecule has 0 bridgehead atoms. The zero-order chi connectivity index (χ0) is 12.4. The Morgan fingerprint density at radius 1 is 1.35 bits per heavy atom. The Labute approximate surface area is 100 Å². The first-order valence-corrected chi connectivity index (χ1v) is 5.55. The lowest BCUT2D eigenvalue weighted by Crippen LogP contribution is -2.06. The fraction of sp³-hybridized carbons (Fsp3) is 0.308. The molecule has 1 heterocycles. The highest BCUT2D eigenvalue weighted by Crippen LogP contribution is 2.27. The monoisotopic (exact) mass is 233 g/mol. The van der Waals surface area contributed by atoms with Crippen LogP contribution in [0.1, 0.15) is 11.3 Å². The molecule has 0 fully saturated rings. The molecular formula is C13H16FN3. The third kappa shape index (κ3) is 2.36. The minimum atomic E-state index is -0.219. The summed E-state index contributed by atoms with van der Waals surface area (Å²) >= 11 is 0. The van der Waals surface area contributed by atoms with Crippen molar-refractivity contribution < 1.29 is 4.39 Å². The van der Waals surface area contributed by atoms with Crippen LogP contribution in [-0.2, 0) is 13.6 Å². The number of benzene rings is 1. The van der Waals surface area contributed by atoms with E-state index in [4.69, 9.17) is 0 Å². The zero-order valence-corrected chi connectivity index (χ0v) is 10.3. The SMILES string of the molecule is CNCc1ccc(F)cc1-c1cn(C)nc1C. The van der Waals surface area contributed by atoms with E-state index in [1.54, 1.807) is 10.7 Å². The molecule has 0 aliphatic carbocycles. The summed E-state index contributed by atoms with van der Waals surface area (Å²) in [6.45, 7) is 2.65. The molecule has 3 nitrogen and oxygen atoms in total. The second-order valence-corrected chi connectivity index (χ2v) is 4.13. The molecule has 90 valence electrons. The van der Waals surface area contributed by atoms with Crippen molar-refractivity contribution in [2.45, 2.75) is 13.5 Å². The molecule has 0 saturated heterocycles. The molecule has 2 rings (SSSR count). The number of aromatic nitrogens is 2. The summed E-state index contributed by atoms with van der Waals surface area (Å²) in [4.78, 5) is 0. The molecular weight excluding hydrogens is 217 g/mol. The van der Waals surface area contributed by atoms with E-state index in [9.17, 15) is 4.39 Å². The summed E-state index contributed by atoms with van der Waals surface area (Å²) in [7, 11) is 3.75. The molecule has 4 heteroatoms. The van der Waals surface area contributed by atoms with Gasteiger partial charge in [-0.2, -0.15) is 5.10 Å². The smallest absolute Gasteiger partial charge is 0.123 e. The molecule has 0 saturated carbocycles. The van der Waals surface area contributed by atoms with Gasteiger partial charge in [-0.05, 0) is 37.2 Å². The molecule has 0 atom stereocenters. The van der Waals surface area contributed by atoms with Crippen LogP contribution in [0.25, 0.3) is 11.1 Å². The van der Waals surface area contributed by atoms with Crippen LogP contribution < -0.4 is 5.32 Å². The van der Waals surface area contributed by atoms with Crippen molar-refractivity contribution in [2.24, 2.45) is 7.05 Å². The number of hydrogen-bond acceptors (Lipinski definition) is 2. The second kappa shape index (κ2) is 4.67. The number of aryl methyl sites for hydroxylation is 2. The largest absolute Gasteiger partial charge is 0.316 e. The van der Waals surface area contributed by atoms with Gasteiger partial charge in [-0.1, -0.05) is 6.07 Å². The molecule has 0 unspecified atom stereocenters. The van der Waals surface area contributed by atoms with E-state index in [1.807, 2.05) is 33.3 Å². The molecule has 2 aromatic rings. The first-order valence-electron chi connectivity index (χ1n) is 5.55. The Kier molecular flexibility index (Phi) is 3.24. The highest BCUT2D eigenvalue weighted by Gasteiger charge is 2.11. The van der Waals surface area contributed by atoms with Crippen molar-refractivity contribution in [3.05, 3.63) is 41.5 Å². The molecule has 0 spiro atoms. The van der Waals surface area contributed by atoms with Gasteiger partial charge in [0.05, 0.1) is 5.69 Å². The third-order valence-electron chi connectivity index (χ3n) is 2.74. The van der Waals surface area contributed by atoms with Gasteiger partial charge in [0.15, 0.2) is 0 Å². The normalized spacial score (nSPS) is 10.8. The predicted octanol–water partition coefficient (Wildman–Crippen LogP) is 2.25. The van der Waals surface area contributed by atoms with Crippen LogP contribution in [0.4, 0.5) is 4.39 Å². The molecule has 17 heavy (non-hydrogen) atoms. The van der Waals surface area contributed by atoms with Crippen molar-refractivity contribution >= 4 is 0 Å². The minimum absolute atomic E-state index is 0.219. The maximum atomic E-state index is 13.4. The van der Waals surface area contributed by atoms with E-state index in [-0.39, 0.29) is 5.82 Å². The molecule has 0 aliphatic rings. The number of hydrogen-bond donors (Lipinski definition) is 1. The zero-order valence-electron chi connectivity index (χ0n) is 10.3. The van der Waals surface area contributed by atoms with Crippen molar-refractivity contribution in [1.82, 2.24) is 15.1 Å². The fourth-order valence-corrected chi connectivity index (χ4v) is 2.01. The Hall–Kier alpha value is -1.68. The van der Waals surface area contributed by atoms with Crippen molar-refractivity contribution in [3.63, 3.8) is 0 Å². The highest BCUT2D eigenvalue weighted by atomic mass is 19.1. The standard InChI is InChI=1S/C13H16FN3/c1-9-13(8-17(3)16-9)12-6-11(14)5-4-10(12)7-15-2/h4-6,8,15H,7H2,1-3H3. The Morgan fingerprint density at radius 2 is 2.12 bits per heavy atom. The lowest BCUT2D eigenvalue weighted by atomic mass is 10.0. The maximum Gasteiger partial charge on any atom is 0.123 e. The van der Waals surface area contributed by atoms with Crippen molar-refractivity contribution in [1.29, 1.82) is 0 Å². The van der Waals surface area contributed by atoms with E-state index >= 15 is 0 Å². The highest BCUT2D eigenvalue weighted by molar-refractivity contribution is 5.68. The van der Waals surface area contributed by atoms with Gasteiger partial charge in [0.2, 0.25) is 0 Å². The summed E-state index contributed by atoms with van der Waals surface area (Å²) in [6.07, 6.45) is 1.92. The van der Waals surface area contributed by atoms with Crippen molar-refractivity contribution in [3.8, 4) is 11.1 Å². The Balaban J connectivity index is 2.56. The first kappa shape index (κ1) is 11.8. The van der Waals surface area contributed by atoms with Gasteiger partial charge in [-0.15, -0.1) is 0 Å². The van der Waals surface area contributed by atoms with Crippen LogP contribution in [0.5, 0.6) is 0 Å². The predicted molar refractivity (Wildman–Crippen MR) is 66.1 cm³/mol. The topological polar surface area (TPSA) is 29.9 Å². The van der Waals surface area contributed by atoms with Gasteiger partial charge in [0.1, 0.15) is 5.82 Å². The molecule has 1 aromatic heterocycles. The number of nitrogens with zero attached hydrogens (tertiary/aromatic N) is 2. The Morgan fingerprint density at radius 3 is 2.71 bits per heavy atom. The van der Waals surface area contributed by atoms with Crippen LogP contribution in [0, 0.1) is 12.7 Å². The van der Waals surface area contributed by atoms with Crippen LogP contribution in [0.2, 0.25) is 0 Å². The van der Waals surface area contributed by atoms with Gasteiger partial charge in [-0.3, -0.25) is 4.68 Å². The fourth-order valence-electron chi connectivity index (χ4n) is 2.01. The lowest BCUT2D eigenvalue weighted by Gasteiger charge is -2.08. The summed E-state index contributed by atoms with van der Waals surface area (Å²) in [5.74, 6) is -0.219. The van der Waals surface area contributed by atoms with Crippen molar-refractivity contribution in [2.75, 3.05) is 7.05 Å². The number of halogens is 1. The van der Waals surface area contributed by atoms with Crippen LogP contribution in [0.3, 0.4) is 0 Å². The molecule has 1 N–H and O–H groups in total. The second-order valence-electron chi connectivity index (χ2n) is 4.13. The van der Waals surface area contributed by atoms with Crippen LogP contribution >= 0.6 is 0 Å². The van der Waals surface area contributed by atoms with Gasteiger partial charge in [-0.25, -0.2) is 4.39 Å². The molecule has 1 aromatic carbocycles.